The molecule has 5 rings (SSSR count). The number of aliphatic hydroxyl groups is 2. The third-order valence-corrected chi connectivity index (χ3v) is 5.07. The van der Waals surface area contributed by atoms with Gasteiger partial charge in [-0.2, -0.15) is 0 Å². The third-order valence-electron chi connectivity index (χ3n) is 5.07. The van der Waals surface area contributed by atoms with E-state index in [4.69, 9.17) is 0 Å². The van der Waals surface area contributed by atoms with Gasteiger partial charge in [0.2, 0.25) is 0 Å². The van der Waals surface area contributed by atoms with Gasteiger partial charge < -0.3 is 10.2 Å². The molecule has 0 aliphatic heterocycles. The fourth-order valence-corrected chi connectivity index (χ4v) is 3.94. The van der Waals surface area contributed by atoms with Crippen LogP contribution in [0.4, 0.5) is 0 Å². The summed E-state index contributed by atoms with van der Waals surface area (Å²) in [5.74, 6) is -0.194. The van der Waals surface area contributed by atoms with Crippen LogP contribution < -0.4 is 0 Å². The highest BCUT2D eigenvalue weighted by Crippen LogP contribution is 2.53. The average molecular weight is 266 g/mol. The molecule has 20 heavy (non-hydrogen) atoms. The van der Waals surface area contributed by atoms with Gasteiger partial charge in [-0.15, -0.1) is 0 Å². The molecule has 2 bridgehead atoms. The van der Waals surface area contributed by atoms with Crippen LogP contribution in [-0.4, -0.2) is 22.4 Å². The van der Waals surface area contributed by atoms with Crippen molar-refractivity contribution in [1.29, 1.82) is 0 Å². The Morgan fingerprint density at radius 1 is 0.700 bits per heavy atom. The number of aryl methyl sites for hydroxylation is 2. The molecule has 102 valence electrons. The Morgan fingerprint density at radius 3 is 1.50 bits per heavy atom. The number of hydrogen-bond acceptors (Lipinski definition) is 2. The van der Waals surface area contributed by atoms with Crippen molar-refractivity contribution in [2.75, 3.05) is 0 Å². The molecule has 4 atom stereocenters. The van der Waals surface area contributed by atoms with Gasteiger partial charge in [0.05, 0.1) is 12.2 Å². The van der Waals surface area contributed by atoms with E-state index < -0.39 is 12.2 Å². The minimum atomic E-state index is -0.704. The van der Waals surface area contributed by atoms with Gasteiger partial charge in [0.25, 0.3) is 0 Å². The maximum absolute atomic E-state index is 10.5. The summed E-state index contributed by atoms with van der Waals surface area (Å²) in [5.41, 5.74) is 7.22. The predicted molar refractivity (Wildman–Crippen MR) is 78.1 cm³/mol. The minimum absolute atomic E-state index is 0.0968. The monoisotopic (exact) mass is 266 g/mol. The summed E-state index contributed by atoms with van der Waals surface area (Å²) in [6.07, 6.45) is -1.41. The molecule has 2 N–H and O–H groups in total. The molecule has 3 aliphatic rings. The first-order valence-corrected chi connectivity index (χ1v) is 7.15. The number of aliphatic hydroxyl groups excluding tert-OH is 2. The molecule has 0 heterocycles. The van der Waals surface area contributed by atoms with Crippen LogP contribution in [0.3, 0.4) is 0 Å². The van der Waals surface area contributed by atoms with Gasteiger partial charge in [-0.1, -0.05) is 36.4 Å². The standard InChI is InChI=1S/C18H18O2/c1-9-7-13-14(8-10(9)2)16-12-6-4-3-5-11(12)15(13)17(19)18(16)20/h3-8,15-20H,1-2H3/t15-,16-,17-,18-/m1/s1. The van der Waals surface area contributed by atoms with Crippen LogP contribution in [0.5, 0.6) is 0 Å². The fourth-order valence-electron chi connectivity index (χ4n) is 3.94. The van der Waals surface area contributed by atoms with Crippen LogP contribution in [0.2, 0.25) is 0 Å². The zero-order valence-corrected chi connectivity index (χ0v) is 11.7. The van der Waals surface area contributed by atoms with Crippen molar-refractivity contribution in [3.8, 4) is 0 Å². The molecule has 2 heteroatoms. The molecule has 0 saturated carbocycles. The first kappa shape index (κ1) is 12.1. The fraction of sp³-hybridized carbons (Fsp3) is 0.333. The van der Waals surface area contributed by atoms with Crippen LogP contribution in [0.1, 0.15) is 45.2 Å². The van der Waals surface area contributed by atoms with Gasteiger partial charge in [0.15, 0.2) is 0 Å². The minimum Gasteiger partial charge on any atom is -0.389 e. The number of benzene rings is 2. The highest BCUT2D eigenvalue weighted by molar-refractivity contribution is 5.59. The highest BCUT2D eigenvalue weighted by atomic mass is 16.3. The summed E-state index contributed by atoms with van der Waals surface area (Å²) >= 11 is 0. The van der Waals surface area contributed by atoms with E-state index in [0.29, 0.717) is 0 Å². The maximum atomic E-state index is 10.5. The Kier molecular flexibility index (Phi) is 2.39. The molecule has 2 aromatic carbocycles. The Morgan fingerprint density at radius 2 is 1.10 bits per heavy atom. The lowest BCUT2D eigenvalue weighted by molar-refractivity contribution is -0.0154. The molecule has 0 fully saturated rings. The Bertz CT molecular complexity index is 645. The summed E-state index contributed by atoms with van der Waals surface area (Å²) in [5, 5.41) is 20.9. The van der Waals surface area contributed by atoms with Crippen molar-refractivity contribution in [3.63, 3.8) is 0 Å². The molecule has 0 saturated heterocycles. The van der Waals surface area contributed by atoms with Crippen molar-refractivity contribution in [2.45, 2.75) is 37.9 Å². The van der Waals surface area contributed by atoms with Crippen LogP contribution in [0.25, 0.3) is 0 Å². The Hall–Kier alpha value is -1.64. The number of hydrogen-bond donors (Lipinski definition) is 2. The zero-order valence-electron chi connectivity index (χ0n) is 11.7. The van der Waals surface area contributed by atoms with Crippen molar-refractivity contribution in [3.05, 3.63) is 69.8 Å². The van der Waals surface area contributed by atoms with E-state index in [2.05, 4.69) is 38.1 Å². The Balaban J connectivity index is 2.05. The number of fused-ring (bicyclic) bond motifs is 1. The highest BCUT2D eigenvalue weighted by Gasteiger charge is 2.48. The van der Waals surface area contributed by atoms with Gasteiger partial charge in [-0.25, -0.2) is 0 Å². The van der Waals surface area contributed by atoms with Crippen molar-refractivity contribution in [1.82, 2.24) is 0 Å². The lowest BCUT2D eigenvalue weighted by Crippen LogP contribution is -2.47. The second kappa shape index (κ2) is 3.94. The van der Waals surface area contributed by atoms with E-state index in [9.17, 15) is 10.2 Å². The zero-order chi connectivity index (χ0) is 14.0. The average Bonchev–Trinajstić information content (AvgIpc) is 2.44. The molecule has 0 amide bonds. The van der Waals surface area contributed by atoms with Crippen molar-refractivity contribution in [2.24, 2.45) is 0 Å². The molecular weight excluding hydrogens is 248 g/mol. The molecule has 0 unspecified atom stereocenters. The Labute approximate surface area is 118 Å². The summed E-state index contributed by atoms with van der Waals surface area (Å²) < 4.78 is 0. The molecule has 0 radical (unpaired) electrons. The lowest BCUT2D eigenvalue weighted by Gasteiger charge is -2.47. The summed E-state index contributed by atoms with van der Waals surface area (Å²) in [6.45, 7) is 4.21. The smallest absolute Gasteiger partial charge is 0.0917 e. The van der Waals surface area contributed by atoms with Gasteiger partial charge in [0, 0.05) is 11.8 Å². The molecule has 2 aromatic rings. The predicted octanol–water partition coefficient (Wildman–Crippen LogP) is 2.62. The topological polar surface area (TPSA) is 40.5 Å². The van der Waals surface area contributed by atoms with E-state index in [-0.39, 0.29) is 11.8 Å². The number of rotatable bonds is 0. The van der Waals surface area contributed by atoms with E-state index in [0.717, 1.165) is 0 Å². The molecule has 0 spiro atoms. The van der Waals surface area contributed by atoms with E-state index in [1.54, 1.807) is 0 Å². The van der Waals surface area contributed by atoms with Gasteiger partial charge in [-0.3, -0.25) is 0 Å². The SMILES string of the molecule is Cc1cc2c(cc1C)[C@H]1c3ccccc3[C@H]2[C@@H](O)[C@@H]1O. The van der Waals surface area contributed by atoms with Crippen LogP contribution in [-0.2, 0) is 0 Å². The summed E-state index contributed by atoms with van der Waals surface area (Å²) in [7, 11) is 0. The first-order chi connectivity index (χ1) is 9.59. The van der Waals surface area contributed by atoms with E-state index in [1.165, 1.54) is 33.4 Å². The second-order valence-corrected chi connectivity index (χ2v) is 6.13. The molecule has 0 aromatic heterocycles. The molecular formula is C18H18O2. The lowest BCUT2D eigenvalue weighted by atomic mass is 9.60. The van der Waals surface area contributed by atoms with Crippen LogP contribution >= 0.6 is 0 Å². The quantitative estimate of drug-likeness (QED) is 0.769. The summed E-state index contributed by atoms with van der Waals surface area (Å²) in [6, 6.07) is 12.6. The third kappa shape index (κ3) is 1.36. The van der Waals surface area contributed by atoms with Gasteiger partial charge in [0.1, 0.15) is 0 Å². The van der Waals surface area contributed by atoms with Crippen molar-refractivity contribution >= 4 is 0 Å². The normalized spacial score (nSPS) is 30.0. The summed E-state index contributed by atoms with van der Waals surface area (Å²) in [4.78, 5) is 0. The largest absolute Gasteiger partial charge is 0.389 e. The van der Waals surface area contributed by atoms with E-state index >= 15 is 0 Å². The van der Waals surface area contributed by atoms with E-state index in [1.807, 2.05) is 12.1 Å². The van der Waals surface area contributed by atoms with Crippen LogP contribution in [0, 0.1) is 13.8 Å². The second-order valence-electron chi connectivity index (χ2n) is 6.13. The molecule has 2 nitrogen and oxygen atoms in total. The van der Waals surface area contributed by atoms with Crippen molar-refractivity contribution < 1.29 is 10.2 Å². The van der Waals surface area contributed by atoms with Gasteiger partial charge >= 0.3 is 0 Å². The first-order valence-electron chi connectivity index (χ1n) is 7.15. The van der Waals surface area contributed by atoms with Gasteiger partial charge in [-0.05, 0) is 47.2 Å². The molecule has 3 aliphatic carbocycles. The maximum Gasteiger partial charge on any atom is 0.0917 e. The van der Waals surface area contributed by atoms with Crippen LogP contribution in [0.15, 0.2) is 36.4 Å².